The molecule has 0 radical (unpaired) electrons. The van der Waals surface area contributed by atoms with Crippen LogP contribution in [0.2, 0.25) is 10.0 Å². The molecule has 3 aromatic rings. The first-order valence-corrected chi connectivity index (χ1v) is 13.8. The molecule has 2 aromatic carbocycles. The number of rotatable bonds is 7. The minimum Gasteiger partial charge on any atom is -0.495 e. The number of H-pyrrole nitrogens is 1. The first-order chi connectivity index (χ1) is 18.8. The van der Waals surface area contributed by atoms with Crippen LogP contribution in [0.3, 0.4) is 0 Å². The topological polar surface area (TPSA) is 82.7 Å². The second kappa shape index (κ2) is 11.5. The molecule has 206 valence electrons. The van der Waals surface area contributed by atoms with Crippen molar-refractivity contribution in [3.8, 4) is 22.8 Å². The van der Waals surface area contributed by atoms with Gasteiger partial charge >= 0.3 is 0 Å². The number of nitrogens with zero attached hydrogens (tertiary/aromatic N) is 3. The van der Waals surface area contributed by atoms with Crippen molar-refractivity contribution in [2.45, 2.75) is 25.2 Å². The van der Waals surface area contributed by atoms with Crippen molar-refractivity contribution >= 4 is 40.5 Å². The molecule has 1 aliphatic carbocycles. The Kier molecular flexibility index (Phi) is 8.07. The number of ether oxygens (including phenoxy) is 2. The molecular formula is C29H33Cl2N5O3. The average Bonchev–Trinajstić information content (AvgIpc) is 3.37. The number of likely N-dealkylation sites (N-methyl/N-ethyl adjacent to an activating group) is 1. The predicted molar refractivity (Wildman–Crippen MR) is 157 cm³/mol. The van der Waals surface area contributed by atoms with Gasteiger partial charge in [0.05, 0.1) is 35.6 Å². The third-order valence-corrected chi connectivity index (χ3v) is 8.51. The second-order valence-electron chi connectivity index (χ2n) is 10.0. The number of aromatic amines is 1. The highest BCUT2D eigenvalue weighted by Gasteiger charge is 2.31. The number of carbonyl (C=O) groups excluding carboxylic acids is 1. The Balaban J connectivity index is 1.51. The van der Waals surface area contributed by atoms with Gasteiger partial charge < -0.3 is 24.6 Å². The molecule has 1 aromatic heterocycles. The molecule has 39 heavy (non-hydrogen) atoms. The maximum Gasteiger partial charge on any atom is 0.247 e. The summed E-state index contributed by atoms with van der Waals surface area (Å²) in [4.78, 5) is 17.0. The molecule has 2 N–H and O–H groups in total. The lowest BCUT2D eigenvalue weighted by molar-refractivity contribution is -0.111. The van der Waals surface area contributed by atoms with E-state index in [1.807, 2.05) is 6.07 Å². The second-order valence-corrected chi connectivity index (χ2v) is 10.8. The highest BCUT2D eigenvalue weighted by Crippen LogP contribution is 2.48. The van der Waals surface area contributed by atoms with Crippen molar-refractivity contribution < 1.29 is 14.3 Å². The van der Waals surface area contributed by atoms with Crippen LogP contribution >= 0.6 is 23.2 Å². The van der Waals surface area contributed by atoms with Crippen LogP contribution in [0.4, 0.5) is 11.4 Å². The normalized spacial score (nSPS) is 17.5. The lowest BCUT2D eigenvalue weighted by Gasteiger charge is -2.34. The van der Waals surface area contributed by atoms with Crippen molar-refractivity contribution in [1.29, 1.82) is 0 Å². The number of nitrogens with one attached hydrogen (secondary N) is 2. The quantitative estimate of drug-likeness (QED) is 0.363. The number of hydrogen-bond donors (Lipinski definition) is 2. The molecule has 10 heteroatoms. The van der Waals surface area contributed by atoms with Gasteiger partial charge in [-0.1, -0.05) is 29.8 Å². The van der Waals surface area contributed by atoms with Gasteiger partial charge in [0.25, 0.3) is 0 Å². The Morgan fingerprint density at radius 2 is 1.82 bits per heavy atom. The molecule has 1 atom stereocenters. The van der Waals surface area contributed by atoms with E-state index >= 15 is 0 Å². The lowest BCUT2D eigenvalue weighted by Crippen LogP contribution is -2.44. The van der Waals surface area contributed by atoms with Crippen LogP contribution < -0.4 is 19.7 Å². The van der Waals surface area contributed by atoms with Crippen molar-refractivity contribution in [2.24, 2.45) is 0 Å². The highest BCUT2D eigenvalue weighted by molar-refractivity contribution is 6.38. The van der Waals surface area contributed by atoms with Gasteiger partial charge in [-0.15, -0.1) is 0 Å². The summed E-state index contributed by atoms with van der Waals surface area (Å²) in [5.41, 5.74) is 6.54. The molecule has 1 saturated heterocycles. The zero-order valence-corrected chi connectivity index (χ0v) is 24.0. The van der Waals surface area contributed by atoms with Crippen LogP contribution in [0.15, 0.2) is 36.9 Å². The van der Waals surface area contributed by atoms with Crippen LogP contribution in [0.5, 0.6) is 11.5 Å². The summed E-state index contributed by atoms with van der Waals surface area (Å²) in [6, 6.07) is 7.86. The monoisotopic (exact) mass is 569 g/mol. The van der Waals surface area contributed by atoms with Gasteiger partial charge in [0, 0.05) is 60.3 Å². The fourth-order valence-electron chi connectivity index (χ4n) is 5.52. The molecule has 0 spiro atoms. The van der Waals surface area contributed by atoms with Gasteiger partial charge in [-0.25, -0.2) is 0 Å². The van der Waals surface area contributed by atoms with Gasteiger partial charge in [-0.05, 0) is 56.5 Å². The van der Waals surface area contributed by atoms with E-state index in [1.54, 1.807) is 20.3 Å². The van der Waals surface area contributed by atoms with Gasteiger partial charge in [0.15, 0.2) is 0 Å². The number of carbonyl (C=O) groups is 1. The minimum absolute atomic E-state index is 0.0615. The van der Waals surface area contributed by atoms with Crippen LogP contribution in [0.1, 0.15) is 29.2 Å². The summed E-state index contributed by atoms with van der Waals surface area (Å²) >= 11 is 13.5. The maximum absolute atomic E-state index is 12.3. The molecule has 2 heterocycles. The summed E-state index contributed by atoms with van der Waals surface area (Å²) in [5.74, 6) is 0.871. The SMILES string of the molecule is C=CC(=O)Nc1ccc(N2CCN(C)CC2)cc1-c1n[nH]c2c1CC[C@H](c1c(Cl)c(OC)cc(OC)c1Cl)C2. The van der Waals surface area contributed by atoms with E-state index in [1.165, 1.54) is 6.08 Å². The highest BCUT2D eigenvalue weighted by atomic mass is 35.5. The Bertz CT molecular complexity index is 1370. The summed E-state index contributed by atoms with van der Waals surface area (Å²) < 4.78 is 11.0. The largest absolute Gasteiger partial charge is 0.495 e. The molecule has 1 aliphatic heterocycles. The Morgan fingerprint density at radius 1 is 1.13 bits per heavy atom. The number of fused-ring (bicyclic) bond motifs is 1. The van der Waals surface area contributed by atoms with E-state index in [2.05, 4.69) is 46.0 Å². The Labute approximate surface area is 238 Å². The number of anilines is 2. The molecule has 0 bridgehead atoms. The number of amides is 1. The molecule has 8 nitrogen and oxygen atoms in total. The first-order valence-electron chi connectivity index (χ1n) is 13.0. The fourth-order valence-corrected chi connectivity index (χ4v) is 6.33. The molecule has 5 rings (SSSR count). The molecule has 0 saturated carbocycles. The number of methoxy groups -OCH3 is 2. The Morgan fingerprint density at radius 3 is 2.46 bits per heavy atom. The van der Waals surface area contributed by atoms with Crippen molar-refractivity contribution in [3.05, 3.63) is 63.8 Å². The van der Waals surface area contributed by atoms with Crippen LogP contribution in [0.25, 0.3) is 11.3 Å². The molecule has 1 fully saturated rings. The van der Waals surface area contributed by atoms with E-state index in [0.717, 1.165) is 72.8 Å². The molecule has 0 unspecified atom stereocenters. The lowest BCUT2D eigenvalue weighted by atomic mass is 9.81. The van der Waals surface area contributed by atoms with Crippen molar-refractivity contribution in [3.63, 3.8) is 0 Å². The smallest absolute Gasteiger partial charge is 0.247 e. The number of benzene rings is 2. The number of halogens is 2. The zero-order chi connectivity index (χ0) is 27.7. The van der Waals surface area contributed by atoms with Crippen molar-refractivity contribution in [1.82, 2.24) is 15.1 Å². The summed E-state index contributed by atoms with van der Waals surface area (Å²) in [6.45, 7) is 7.50. The van der Waals surface area contributed by atoms with E-state index in [0.29, 0.717) is 33.7 Å². The summed E-state index contributed by atoms with van der Waals surface area (Å²) in [5, 5.41) is 12.0. The third-order valence-electron chi connectivity index (χ3n) is 7.73. The van der Waals surface area contributed by atoms with E-state index in [4.69, 9.17) is 37.8 Å². The van der Waals surface area contributed by atoms with Crippen molar-refractivity contribution in [2.75, 3.05) is 57.7 Å². The minimum atomic E-state index is -0.260. The summed E-state index contributed by atoms with van der Waals surface area (Å²) in [6.07, 6.45) is 3.55. The van der Waals surface area contributed by atoms with Crippen LogP contribution in [-0.2, 0) is 17.6 Å². The van der Waals surface area contributed by atoms with E-state index in [9.17, 15) is 4.79 Å². The molecule has 2 aliphatic rings. The number of piperazine rings is 1. The summed E-state index contributed by atoms with van der Waals surface area (Å²) in [7, 11) is 5.30. The van der Waals surface area contributed by atoms with Crippen LogP contribution in [-0.4, -0.2) is 68.5 Å². The van der Waals surface area contributed by atoms with Gasteiger partial charge in [0.2, 0.25) is 5.91 Å². The maximum atomic E-state index is 12.3. The Hall–Kier alpha value is -3.20. The van der Waals surface area contributed by atoms with Gasteiger partial charge in [0.1, 0.15) is 11.5 Å². The average molecular weight is 571 g/mol. The predicted octanol–water partition coefficient (Wildman–Crippen LogP) is 5.55. The standard InChI is InChI=1S/C29H33Cl2N5O3/c1-5-25(37)32-21-9-7-18(36-12-10-35(2)11-13-36)15-20(21)29-19-8-6-17(14-22(19)33-34-29)26-27(30)23(38-3)16-24(39-4)28(26)31/h5,7,9,15-17H,1,6,8,10-14H2,2-4H3,(H,32,37)(H,33,34)/t17-/m0/s1. The number of hydrogen-bond acceptors (Lipinski definition) is 6. The zero-order valence-electron chi connectivity index (χ0n) is 22.4. The van der Waals surface area contributed by atoms with Gasteiger partial charge in [-0.3, -0.25) is 9.89 Å². The van der Waals surface area contributed by atoms with E-state index < -0.39 is 0 Å². The van der Waals surface area contributed by atoms with E-state index in [-0.39, 0.29) is 11.8 Å². The fraction of sp³-hybridized carbons (Fsp3) is 0.379. The molecular weight excluding hydrogens is 537 g/mol. The van der Waals surface area contributed by atoms with Crippen LogP contribution in [0, 0.1) is 0 Å². The first kappa shape index (κ1) is 27.4. The molecule has 1 amide bonds. The van der Waals surface area contributed by atoms with Gasteiger partial charge in [-0.2, -0.15) is 5.10 Å². The number of aromatic nitrogens is 2. The third kappa shape index (κ3) is 5.33.